The van der Waals surface area contributed by atoms with E-state index in [0.29, 0.717) is 30.8 Å². The maximum absolute atomic E-state index is 13.2. The van der Waals surface area contributed by atoms with Gasteiger partial charge in [0.1, 0.15) is 18.1 Å². The van der Waals surface area contributed by atoms with Crippen molar-refractivity contribution < 1.29 is 34.2 Å². The molecule has 37 heavy (non-hydrogen) atoms. The minimum atomic E-state index is -1.19. The van der Waals surface area contributed by atoms with Crippen LogP contribution in [0.5, 0.6) is 0 Å². The van der Waals surface area contributed by atoms with Gasteiger partial charge in [-0.3, -0.25) is 19.2 Å². The first-order valence-corrected chi connectivity index (χ1v) is 13.3. The molecule has 0 fully saturated rings. The number of aliphatic carboxylic acids is 2. The Bertz CT molecular complexity index is 885. The number of nitrogens with zero attached hydrogens (tertiary/aromatic N) is 1. The van der Waals surface area contributed by atoms with Gasteiger partial charge in [0.25, 0.3) is 0 Å². The standard InChI is InChI=1S/C22H37N7O7S/c1-37-9-7-16(22(35)36)28-20(33)15(4-2-3-8-23)27-21(34)17(10-13-11-25-12-26-13)29-19(32)14(24)5-6-18(30)31/h11-12,14-17H,2-10,23-24H2,1H3,(H,25,26)(H,27,34)(H,28,33)(H,29,32)(H,30,31)(H,35,36). The number of amides is 3. The van der Waals surface area contributed by atoms with Gasteiger partial charge in [0.05, 0.1) is 12.4 Å². The lowest BCUT2D eigenvalue weighted by molar-refractivity contribution is -0.142. The maximum atomic E-state index is 13.2. The van der Waals surface area contributed by atoms with Crippen LogP contribution in [-0.2, 0) is 30.4 Å². The summed E-state index contributed by atoms with van der Waals surface area (Å²) >= 11 is 1.44. The van der Waals surface area contributed by atoms with Gasteiger partial charge in [-0.15, -0.1) is 0 Å². The van der Waals surface area contributed by atoms with Crippen molar-refractivity contribution in [3.63, 3.8) is 0 Å². The number of carbonyl (C=O) groups excluding carboxylic acids is 3. The zero-order valence-corrected chi connectivity index (χ0v) is 21.6. The quantitative estimate of drug-likeness (QED) is 0.0939. The Morgan fingerprint density at radius 1 is 0.973 bits per heavy atom. The number of aromatic amines is 1. The number of thioether (sulfide) groups is 1. The minimum Gasteiger partial charge on any atom is -0.481 e. The molecule has 0 spiro atoms. The van der Waals surface area contributed by atoms with E-state index in [1.807, 2.05) is 6.26 Å². The lowest BCUT2D eigenvalue weighted by Gasteiger charge is -2.25. The van der Waals surface area contributed by atoms with Crippen LogP contribution in [0.3, 0.4) is 0 Å². The zero-order chi connectivity index (χ0) is 27.8. The molecule has 0 saturated carbocycles. The molecule has 0 bridgehead atoms. The maximum Gasteiger partial charge on any atom is 0.326 e. The van der Waals surface area contributed by atoms with Gasteiger partial charge in [0, 0.05) is 24.7 Å². The fraction of sp³-hybridized carbons (Fsp3) is 0.636. The van der Waals surface area contributed by atoms with Crippen LogP contribution in [0, 0.1) is 0 Å². The summed E-state index contributed by atoms with van der Waals surface area (Å²) < 4.78 is 0. The highest BCUT2D eigenvalue weighted by Crippen LogP contribution is 2.07. The molecule has 1 rings (SSSR count). The van der Waals surface area contributed by atoms with Gasteiger partial charge in [-0.25, -0.2) is 9.78 Å². The fourth-order valence-electron chi connectivity index (χ4n) is 3.31. The molecule has 1 aromatic rings. The van der Waals surface area contributed by atoms with Crippen molar-refractivity contribution >= 4 is 41.4 Å². The number of H-pyrrole nitrogens is 1. The third kappa shape index (κ3) is 12.6. The lowest BCUT2D eigenvalue weighted by atomic mass is 10.0. The molecular weight excluding hydrogens is 506 g/mol. The molecule has 0 aliphatic rings. The first-order chi connectivity index (χ1) is 17.6. The second-order valence-corrected chi connectivity index (χ2v) is 9.39. The Morgan fingerprint density at radius 3 is 2.19 bits per heavy atom. The number of hydrogen-bond donors (Lipinski definition) is 8. The summed E-state index contributed by atoms with van der Waals surface area (Å²) in [6.45, 7) is 0.375. The highest BCUT2D eigenvalue weighted by Gasteiger charge is 2.30. The summed E-state index contributed by atoms with van der Waals surface area (Å²) in [6.07, 6.45) is 5.71. The van der Waals surface area contributed by atoms with Crippen molar-refractivity contribution in [2.24, 2.45) is 11.5 Å². The molecule has 208 valence electrons. The molecule has 0 aliphatic carbocycles. The van der Waals surface area contributed by atoms with Gasteiger partial charge >= 0.3 is 11.9 Å². The Kier molecular flexibility index (Phi) is 14.9. The molecule has 15 heteroatoms. The van der Waals surface area contributed by atoms with Crippen LogP contribution in [0.15, 0.2) is 12.5 Å². The Hall–Kier alpha value is -3.17. The Balaban J connectivity index is 3.02. The molecule has 14 nitrogen and oxygen atoms in total. The van der Waals surface area contributed by atoms with E-state index in [4.69, 9.17) is 16.6 Å². The second kappa shape index (κ2) is 17.3. The van der Waals surface area contributed by atoms with Gasteiger partial charge in [-0.05, 0) is 50.7 Å². The van der Waals surface area contributed by atoms with Gasteiger partial charge in [0.2, 0.25) is 17.7 Å². The molecule has 1 heterocycles. The van der Waals surface area contributed by atoms with Crippen LogP contribution in [0.2, 0.25) is 0 Å². The Morgan fingerprint density at radius 2 is 1.62 bits per heavy atom. The van der Waals surface area contributed by atoms with E-state index >= 15 is 0 Å². The molecular formula is C22H37N7O7S. The third-order valence-corrected chi connectivity index (χ3v) is 6.07. The first-order valence-electron chi connectivity index (χ1n) is 11.9. The van der Waals surface area contributed by atoms with Crippen LogP contribution in [0.1, 0.15) is 44.2 Å². The molecule has 4 unspecified atom stereocenters. The van der Waals surface area contributed by atoms with Crippen LogP contribution in [0.25, 0.3) is 0 Å². The van der Waals surface area contributed by atoms with Crippen molar-refractivity contribution in [2.75, 3.05) is 18.6 Å². The molecule has 0 aromatic carbocycles. The number of imidazole rings is 1. The van der Waals surface area contributed by atoms with Crippen LogP contribution >= 0.6 is 11.8 Å². The topological polar surface area (TPSA) is 243 Å². The van der Waals surface area contributed by atoms with E-state index in [1.54, 1.807) is 0 Å². The van der Waals surface area contributed by atoms with Crippen molar-refractivity contribution in [2.45, 2.75) is 69.1 Å². The molecule has 0 aliphatic heterocycles. The number of hydrogen-bond acceptors (Lipinski definition) is 9. The van der Waals surface area contributed by atoms with Gasteiger partial charge in [0.15, 0.2) is 0 Å². The molecule has 1 aromatic heterocycles. The van der Waals surface area contributed by atoms with Crippen molar-refractivity contribution in [3.8, 4) is 0 Å². The van der Waals surface area contributed by atoms with Gasteiger partial charge in [-0.2, -0.15) is 11.8 Å². The average Bonchev–Trinajstić information content (AvgIpc) is 3.36. The van der Waals surface area contributed by atoms with E-state index in [0.717, 1.165) is 0 Å². The van der Waals surface area contributed by atoms with Gasteiger partial charge < -0.3 is 42.6 Å². The van der Waals surface area contributed by atoms with Crippen LogP contribution in [-0.4, -0.2) is 92.6 Å². The average molecular weight is 544 g/mol. The third-order valence-electron chi connectivity index (χ3n) is 5.42. The molecule has 3 amide bonds. The number of rotatable bonds is 19. The van der Waals surface area contributed by atoms with Crippen LogP contribution in [0.4, 0.5) is 0 Å². The Labute approximate surface area is 219 Å². The predicted molar refractivity (Wildman–Crippen MR) is 136 cm³/mol. The molecule has 4 atom stereocenters. The molecule has 0 saturated heterocycles. The number of aromatic nitrogens is 2. The van der Waals surface area contributed by atoms with Gasteiger partial charge in [-0.1, -0.05) is 0 Å². The second-order valence-electron chi connectivity index (χ2n) is 8.41. The van der Waals surface area contributed by atoms with E-state index < -0.39 is 53.8 Å². The first kappa shape index (κ1) is 31.9. The van der Waals surface area contributed by atoms with E-state index in [-0.39, 0.29) is 32.1 Å². The van der Waals surface area contributed by atoms with Crippen molar-refractivity contribution in [3.05, 3.63) is 18.2 Å². The summed E-state index contributed by atoms with van der Waals surface area (Å²) in [5.41, 5.74) is 11.8. The number of carboxylic acids is 2. The largest absolute Gasteiger partial charge is 0.481 e. The van der Waals surface area contributed by atoms with Crippen LogP contribution < -0.4 is 27.4 Å². The number of carbonyl (C=O) groups is 5. The SMILES string of the molecule is CSCCC(NC(=O)C(CCCCN)NC(=O)C(Cc1cnc[nH]1)NC(=O)C(N)CCC(=O)O)C(=O)O. The van der Waals surface area contributed by atoms with E-state index in [9.17, 15) is 29.1 Å². The predicted octanol–water partition coefficient (Wildman–Crippen LogP) is -1.43. The number of nitrogens with two attached hydrogens (primary N) is 2. The highest BCUT2D eigenvalue weighted by atomic mass is 32.2. The van der Waals surface area contributed by atoms with Crippen molar-refractivity contribution in [1.82, 2.24) is 25.9 Å². The number of unbranched alkanes of at least 4 members (excludes halogenated alkanes) is 1. The van der Waals surface area contributed by atoms with E-state index in [2.05, 4.69) is 25.9 Å². The van der Waals surface area contributed by atoms with E-state index in [1.165, 1.54) is 24.3 Å². The smallest absolute Gasteiger partial charge is 0.326 e. The summed E-state index contributed by atoms with van der Waals surface area (Å²) in [6, 6.07) is -4.52. The lowest BCUT2D eigenvalue weighted by Crippen LogP contribution is -2.57. The van der Waals surface area contributed by atoms with Crippen molar-refractivity contribution in [1.29, 1.82) is 0 Å². The number of nitrogens with one attached hydrogen (secondary N) is 4. The molecule has 0 radical (unpaired) electrons. The minimum absolute atomic E-state index is 0.00810. The highest BCUT2D eigenvalue weighted by molar-refractivity contribution is 7.98. The summed E-state index contributed by atoms with van der Waals surface area (Å²) in [4.78, 5) is 67.8. The monoisotopic (exact) mass is 543 g/mol. The summed E-state index contributed by atoms with van der Waals surface area (Å²) in [5, 5.41) is 25.9. The normalized spacial score (nSPS) is 14.1. The summed E-state index contributed by atoms with van der Waals surface area (Å²) in [5.74, 6) is -3.87. The fourth-order valence-corrected chi connectivity index (χ4v) is 3.79. The number of carboxylic acid groups (broad SMARTS) is 2. The molecule has 10 N–H and O–H groups in total. The summed E-state index contributed by atoms with van der Waals surface area (Å²) in [7, 11) is 0. The zero-order valence-electron chi connectivity index (χ0n) is 20.8.